The lowest BCUT2D eigenvalue weighted by molar-refractivity contribution is -0.148. The fourth-order valence-corrected chi connectivity index (χ4v) is 6.00. The first-order valence-electron chi connectivity index (χ1n) is 16.7. The van der Waals surface area contributed by atoms with Crippen LogP contribution in [0.15, 0.2) is 60.7 Å². The van der Waals surface area contributed by atoms with Crippen LogP contribution in [0.1, 0.15) is 49.7 Å². The molecule has 2 aliphatic rings. The van der Waals surface area contributed by atoms with Gasteiger partial charge in [0.25, 0.3) is 0 Å². The molecule has 3 N–H and O–H groups in total. The van der Waals surface area contributed by atoms with Crippen molar-refractivity contribution in [3.05, 3.63) is 71.8 Å². The van der Waals surface area contributed by atoms with Gasteiger partial charge in [0.15, 0.2) is 0 Å². The number of carbonyl (C=O) groups excluding carboxylic acids is 3. The molecule has 4 rings (SSSR count). The molecule has 0 spiro atoms. The molecular weight excluding hydrogens is 650 g/mol. The second kappa shape index (κ2) is 21.8. The Morgan fingerprint density at radius 1 is 0.660 bits per heavy atom. The monoisotopic (exact) mass is 701 g/mol. The zero-order valence-electron chi connectivity index (χ0n) is 29.3. The van der Waals surface area contributed by atoms with Gasteiger partial charge in [-0.05, 0) is 49.7 Å². The summed E-state index contributed by atoms with van der Waals surface area (Å²) in [4.78, 5) is 49.3. The second-order valence-electron chi connectivity index (χ2n) is 12.6. The summed E-state index contributed by atoms with van der Waals surface area (Å²) in [6, 6.07) is 18.4. The molecular formula is C36H51N3O11. The Morgan fingerprint density at radius 2 is 1.08 bits per heavy atom. The zero-order chi connectivity index (χ0) is 36.3. The van der Waals surface area contributed by atoms with Crippen molar-refractivity contribution in [1.82, 2.24) is 15.5 Å². The van der Waals surface area contributed by atoms with Gasteiger partial charge in [-0.2, -0.15) is 0 Å². The van der Waals surface area contributed by atoms with Gasteiger partial charge in [-0.3, -0.25) is 9.59 Å². The number of nitrogens with one attached hydrogen (secondary N) is 2. The number of nitrogens with zero attached hydrogens (tertiary/aromatic N) is 1. The number of ether oxygens (including phenoxy) is 6. The number of methoxy groups -OCH3 is 2. The van der Waals surface area contributed by atoms with E-state index in [1.807, 2.05) is 60.7 Å². The smallest absolute Gasteiger partial charge is 0.407 e. The molecule has 14 heteroatoms. The molecule has 276 valence electrons. The number of aliphatic carboxylic acids is 1. The van der Waals surface area contributed by atoms with Crippen LogP contribution in [0.5, 0.6) is 0 Å². The first-order chi connectivity index (χ1) is 24.1. The first kappa shape index (κ1) is 40.2. The number of carboxylic acids is 1. The van der Waals surface area contributed by atoms with Crippen LogP contribution >= 0.6 is 0 Å². The standard InChI is InChI=1S/C19H28N2O5.C17H23NO6/c1-21(2)18(22)15-9-16(11-17(10-15)26-13-24-3)20-19(23)25-12-14-7-5-4-6-8-14;1-22-11-24-15-8-13(16(19)20)7-14(9-15)18-17(21)23-10-12-5-3-2-4-6-12/h4-8,15-17H,9-13H2,1-3H3,(H,20,23);2-6,13-15H,7-11H2,1H3,(H,18,21)(H,19,20)/t15-,16+,17-;13-,14+,15-/m11/s1. The van der Waals surface area contributed by atoms with E-state index in [0.29, 0.717) is 38.5 Å². The Balaban J connectivity index is 0.000000271. The molecule has 0 bridgehead atoms. The summed E-state index contributed by atoms with van der Waals surface area (Å²) >= 11 is 0. The summed E-state index contributed by atoms with van der Waals surface area (Å²) < 4.78 is 31.4. The highest BCUT2D eigenvalue weighted by molar-refractivity contribution is 5.78. The highest BCUT2D eigenvalue weighted by Gasteiger charge is 2.36. The first-order valence-corrected chi connectivity index (χ1v) is 16.7. The van der Waals surface area contributed by atoms with Crippen LogP contribution in [0.3, 0.4) is 0 Å². The number of rotatable bonds is 14. The summed E-state index contributed by atoms with van der Waals surface area (Å²) in [6.07, 6.45) is 1.69. The van der Waals surface area contributed by atoms with Crippen molar-refractivity contribution in [2.45, 2.75) is 76.0 Å². The fraction of sp³-hybridized carbons (Fsp3) is 0.556. The number of benzene rings is 2. The minimum absolute atomic E-state index is 0.0418. The molecule has 0 aromatic heterocycles. The highest BCUT2D eigenvalue weighted by atomic mass is 16.7. The van der Waals surface area contributed by atoms with Crippen molar-refractivity contribution in [1.29, 1.82) is 0 Å². The number of carboxylic acid groups (broad SMARTS) is 1. The molecule has 2 aromatic rings. The largest absolute Gasteiger partial charge is 0.481 e. The van der Waals surface area contributed by atoms with Crippen LogP contribution in [-0.2, 0) is 51.2 Å². The van der Waals surface area contributed by atoms with Crippen molar-refractivity contribution in [2.24, 2.45) is 11.8 Å². The third-order valence-electron chi connectivity index (χ3n) is 8.38. The average Bonchev–Trinajstić information content (AvgIpc) is 3.12. The molecule has 0 heterocycles. The lowest BCUT2D eigenvalue weighted by atomic mass is 9.83. The molecule has 0 aliphatic heterocycles. The average molecular weight is 702 g/mol. The summed E-state index contributed by atoms with van der Waals surface area (Å²) in [5.74, 6) is -1.59. The predicted molar refractivity (Wildman–Crippen MR) is 182 cm³/mol. The molecule has 2 fully saturated rings. The Labute approximate surface area is 293 Å². The number of hydrogen-bond donors (Lipinski definition) is 3. The minimum Gasteiger partial charge on any atom is -0.481 e. The van der Waals surface area contributed by atoms with Gasteiger partial charge in [-0.15, -0.1) is 0 Å². The van der Waals surface area contributed by atoms with Gasteiger partial charge in [-0.25, -0.2) is 9.59 Å². The Morgan fingerprint density at radius 3 is 1.48 bits per heavy atom. The SMILES string of the molecule is COCO[C@H]1C[C@@H](NC(=O)OCc2ccccc2)C[C@@H](C(=O)N(C)C)C1.COCO[C@H]1C[C@@H](NC(=O)OCc2ccccc2)C[C@@H](C(=O)O)C1. The van der Waals surface area contributed by atoms with Crippen LogP contribution in [0, 0.1) is 11.8 Å². The molecule has 0 saturated heterocycles. The van der Waals surface area contributed by atoms with E-state index in [2.05, 4.69) is 10.6 Å². The van der Waals surface area contributed by atoms with E-state index >= 15 is 0 Å². The maximum absolute atomic E-state index is 12.4. The Hall–Kier alpha value is -4.24. The molecule has 2 aliphatic carbocycles. The van der Waals surface area contributed by atoms with E-state index in [9.17, 15) is 24.3 Å². The van der Waals surface area contributed by atoms with Crippen molar-refractivity contribution in [3.63, 3.8) is 0 Å². The van der Waals surface area contributed by atoms with Crippen molar-refractivity contribution < 1.29 is 52.7 Å². The van der Waals surface area contributed by atoms with Crippen LogP contribution in [0.25, 0.3) is 0 Å². The second-order valence-corrected chi connectivity index (χ2v) is 12.6. The Kier molecular flexibility index (Phi) is 17.5. The van der Waals surface area contributed by atoms with Crippen molar-refractivity contribution in [2.75, 3.05) is 41.9 Å². The van der Waals surface area contributed by atoms with E-state index in [-0.39, 0.29) is 62.9 Å². The maximum atomic E-state index is 12.4. The van der Waals surface area contributed by atoms with Gasteiger partial charge in [-0.1, -0.05) is 60.7 Å². The van der Waals surface area contributed by atoms with E-state index < -0.39 is 24.1 Å². The van der Waals surface area contributed by atoms with Gasteiger partial charge >= 0.3 is 18.2 Å². The molecule has 2 saturated carbocycles. The topological polar surface area (TPSA) is 171 Å². The number of carbonyl (C=O) groups is 4. The molecule has 2 aromatic carbocycles. The molecule has 0 radical (unpaired) electrons. The third kappa shape index (κ3) is 14.7. The molecule has 6 atom stereocenters. The molecule has 0 unspecified atom stereocenters. The predicted octanol–water partition coefficient (Wildman–Crippen LogP) is 4.31. The van der Waals surface area contributed by atoms with Gasteiger partial charge in [0.1, 0.15) is 26.8 Å². The lowest BCUT2D eigenvalue weighted by Gasteiger charge is -2.35. The van der Waals surface area contributed by atoms with Gasteiger partial charge in [0.05, 0.1) is 18.1 Å². The van der Waals surface area contributed by atoms with Gasteiger partial charge in [0, 0.05) is 46.3 Å². The van der Waals surface area contributed by atoms with Crippen molar-refractivity contribution in [3.8, 4) is 0 Å². The van der Waals surface area contributed by atoms with E-state index in [0.717, 1.165) is 11.1 Å². The van der Waals surface area contributed by atoms with Crippen LogP contribution in [-0.4, -0.2) is 100 Å². The van der Waals surface area contributed by atoms with E-state index in [1.54, 1.807) is 26.1 Å². The maximum Gasteiger partial charge on any atom is 0.407 e. The quantitative estimate of drug-likeness (QED) is 0.240. The summed E-state index contributed by atoms with van der Waals surface area (Å²) in [5.41, 5.74) is 1.81. The summed E-state index contributed by atoms with van der Waals surface area (Å²) in [6.45, 7) is 0.648. The summed E-state index contributed by atoms with van der Waals surface area (Å²) in [7, 11) is 6.53. The number of amides is 3. The lowest BCUT2D eigenvalue weighted by Crippen LogP contribution is -2.46. The normalized spacial score (nSPS) is 23.0. The van der Waals surface area contributed by atoms with Gasteiger partial charge < -0.3 is 49.1 Å². The number of hydrogen-bond acceptors (Lipinski definition) is 10. The summed E-state index contributed by atoms with van der Waals surface area (Å²) in [5, 5.41) is 14.9. The Bertz CT molecular complexity index is 1310. The van der Waals surface area contributed by atoms with Crippen molar-refractivity contribution >= 4 is 24.1 Å². The third-order valence-corrected chi connectivity index (χ3v) is 8.38. The van der Waals surface area contributed by atoms with Crippen LogP contribution in [0.2, 0.25) is 0 Å². The van der Waals surface area contributed by atoms with Crippen LogP contribution < -0.4 is 10.6 Å². The fourth-order valence-electron chi connectivity index (χ4n) is 6.00. The minimum atomic E-state index is -0.884. The molecule has 50 heavy (non-hydrogen) atoms. The van der Waals surface area contributed by atoms with Crippen LogP contribution in [0.4, 0.5) is 9.59 Å². The van der Waals surface area contributed by atoms with E-state index in [1.165, 1.54) is 7.11 Å². The number of alkyl carbamates (subject to hydrolysis) is 2. The highest BCUT2D eigenvalue weighted by Crippen LogP contribution is 2.29. The molecule has 14 nitrogen and oxygen atoms in total. The zero-order valence-corrected chi connectivity index (χ0v) is 29.3. The van der Waals surface area contributed by atoms with Gasteiger partial charge in [0.2, 0.25) is 5.91 Å². The molecule has 3 amide bonds. The van der Waals surface area contributed by atoms with E-state index in [4.69, 9.17) is 28.4 Å².